The molecule has 0 aromatic heterocycles. The third-order valence-corrected chi connectivity index (χ3v) is 3.19. The molecular weight excluding hydrogens is 228 g/mol. The number of nitrogens with one attached hydrogen (secondary N) is 1. The summed E-state index contributed by atoms with van der Waals surface area (Å²) in [6.07, 6.45) is 6.34. The molecule has 0 atom stereocenters. The molecule has 0 heterocycles. The van der Waals surface area contributed by atoms with E-state index in [1.54, 1.807) is 11.9 Å². The molecule has 0 aromatic rings. The molecule has 106 valence electrons. The third kappa shape index (κ3) is 6.24. The van der Waals surface area contributed by atoms with Crippen LogP contribution in [-0.4, -0.2) is 42.8 Å². The molecular formula is C14H28N2O2. The zero-order valence-electron chi connectivity index (χ0n) is 12.3. The van der Waals surface area contributed by atoms with Crippen molar-refractivity contribution >= 4 is 6.09 Å². The molecule has 1 saturated carbocycles. The topological polar surface area (TPSA) is 41.6 Å². The van der Waals surface area contributed by atoms with Gasteiger partial charge < -0.3 is 15.0 Å². The molecule has 18 heavy (non-hydrogen) atoms. The van der Waals surface area contributed by atoms with Gasteiger partial charge in [0, 0.05) is 26.2 Å². The lowest BCUT2D eigenvalue weighted by molar-refractivity contribution is 0.0299. The van der Waals surface area contributed by atoms with Gasteiger partial charge in [-0.05, 0) is 33.6 Å². The van der Waals surface area contributed by atoms with Gasteiger partial charge in [-0.15, -0.1) is 0 Å². The molecule has 0 spiro atoms. The SMILES string of the molecule is CN(CCNC1CCCCC1)C(=O)OC(C)(C)C. The van der Waals surface area contributed by atoms with Gasteiger partial charge in [-0.3, -0.25) is 0 Å². The van der Waals surface area contributed by atoms with Gasteiger partial charge in [-0.25, -0.2) is 4.79 Å². The van der Waals surface area contributed by atoms with Crippen molar-refractivity contribution in [1.29, 1.82) is 0 Å². The molecule has 0 unspecified atom stereocenters. The van der Waals surface area contributed by atoms with Crippen LogP contribution < -0.4 is 5.32 Å². The van der Waals surface area contributed by atoms with Crippen molar-refractivity contribution in [3.05, 3.63) is 0 Å². The standard InChI is InChI=1S/C14H28N2O2/c1-14(2,3)18-13(17)16(4)11-10-15-12-8-6-5-7-9-12/h12,15H,5-11H2,1-4H3. The maximum absolute atomic E-state index is 11.7. The van der Waals surface area contributed by atoms with E-state index >= 15 is 0 Å². The number of rotatable bonds is 4. The second kappa shape index (κ2) is 6.98. The Kier molecular flexibility index (Phi) is 5.93. The number of hydrogen-bond donors (Lipinski definition) is 1. The van der Waals surface area contributed by atoms with Crippen LogP contribution in [0.3, 0.4) is 0 Å². The first-order valence-electron chi connectivity index (χ1n) is 7.06. The first kappa shape index (κ1) is 15.3. The smallest absolute Gasteiger partial charge is 0.410 e. The summed E-state index contributed by atoms with van der Waals surface area (Å²) in [5.74, 6) is 0. The third-order valence-electron chi connectivity index (χ3n) is 3.19. The van der Waals surface area contributed by atoms with Crippen LogP contribution in [0.4, 0.5) is 4.79 Å². The first-order chi connectivity index (χ1) is 8.38. The molecule has 1 aliphatic carbocycles. The lowest BCUT2D eigenvalue weighted by Gasteiger charge is -2.26. The number of nitrogens with zero attached hydrogens (tertiary/aromatic N) is 1. The lowest BCUT2D eigenvalue weighted by Crippen LogP contribution is -2.40. The Labute approximate surface area is 111 Å². The number of amides is 1. The number of hydrogen-bond acceptors (Lipinski definition) is 3. The minimum atomic E-state index is -0.415. The Morgan fingerprint density at radius 1 is 1.28 bits per heavy atom. The van der Waals surface area contributed by atoms with Crippen molar-refractivity contribution in [2.24, 2.45) is 0 Å². The molecule has 0 aliphatic heterocycles. The average molecular weight is 256 g/mol. The summed E-state index contributed by atoms with van der Waals surface area (Å²) < 4.78 is 5.30. The van der Waals surface area contributed by atoms with E-state index < -0.39 is 5.60 Å². The fraction of sp³-hybridized carbons (Fsp3) is 0.929. The summed E-state index contributed by atoms with van der Waals surface area (Å²) in [7, 11) is 1.79. The summed E-state index contributed by atoms with van der Waals surface area (Å²) in [6, 6.07) is 0.644. The molecule has 4 heteroatoms. The van der Waals surface area contributed by atoms with Crippen LogP contribution in [0, 0.1) is 0 Å². The number of carbonyl (C=O) groups excluding carboxylic acids is 1. The molecule has 1 N–H and O–H groups in total. The van der Waals surface area contributed by atoms with Crippen molar-refractivity contribution in [2.75, 3.05) is 20.1 Å². The maximum Gasteiger partial charge on any atom is 0.410 e. The monoisotopic (exact) mass is 256 g/mol. The number of carbonyl (C=O) groups is 1. The van der Waals surface area contributed by atoms with Gasteiger partial charge in [0.15, 0.2) is 0 Å². The molecule has 1 amide bonds. The second-order valence-corrected chi connectivity index (χ2v) is 6.19. The number of likely N-dealkylation sites (N-methyl/N-ethyl adjacent to an activating group) is 1. The van der Waals surface area contributed by atoms with E-state index in [-0.39, 0.29) is 6.09 Å². The van der Waals surface area contributed by atoms with E-state index in [0.29, 0.717) is 12.6 Å². The Hall–Kier alpha value is -0.770. The fourth-order valence-corrected chi connectivity index (χ4v) is 2.17. The van der Waals surface area contributed by atoms with Gasteiger partial charge >= 0.3 is 6.09 Å². The molecule has 0 bridgehead atoms. The quantitative estimate of drug-likeness (QED) is 0.841. The molecule has 0 saturated heterocycles. The Bertz CT molecular complexity index is 255. The minimum Gasteiger partial charge on any atom is -0.444 e. The summed E-state index contributed by atoms with van der Waals surface area (Å²) in [6.45, 7) is 7.21. The van der Waals surface area contributed by atoms with Gasteiger partial charge in [0.05, 0.1) is 0 Å². The van der Waals surface area contributed by atoms with Crippen LogP contribution in [0.25, 0.3) is 0 Å². The van der Waals surface area contributed by atoms with Crippen LogP contribution in [-0.2, 0) is 4.74 Å². The molecule has 0 radical (unpaired) electrons. The largest absolute Gasteiger partial charge is 0.444 e. The van der Waals surface area contributed by atoms with E-state index in [0.717, 1.165) is 6.54 Å². The van der Waals surface area contributed by atoms with Gasteiger partial charge in [-0.1, -0.05) is 19.3 Å². The summed E-state index contributed by atoms with van der Waals surface area (Å²) in [5, 5.41) is 3.52. The zero-order valence-corrected chi connectivity index (χ0v) is 12.3. The van der Waals surface area contributed by atoms with Crippen molar-refractivity contribution in [3.63, 3.8) is 0 Å². The van der Waals surface area contributed by atoms with E-state index in [2.05, 4.69) is 5.32 Å². The normalized spacial score (nSPS) is 17.6. The Morgan fingerprint density at radius 3 is 2.44 bits per heavy atom. The highest BCUT2D eigenvalue weighted by Gasteiger charge is 2.19. The average Bonchev–Trinajstić information content (AvgIpc) is 2.28. The highest BCUT2D eigenvalue weighted by atomic mass is 16.6. The minimum absolute atomic E-state index is 0.243. The van der Waals surface area contributed by atoms with Crippen LogP contribution in [0.5, 0.6) is 0 Å². The van der Waals surface area contributed by atoms with E-state index in [9.17, 15) is 4.79 Å². The van der Waals surface area contributed by atoms with E-state index in [1.807, 2.05) is 20.8 Å². The van der Waals surface area contributed by atoms with Crippen LogP contribution in [0.2, 0.25) is 0 Å². The highest BCUT2D eigenvalue weighted by molar-refractivity contribution is 5.67. The van der Waals surface area contributed by atoms with Gasteiger partial charge in [0.25, 0.3) is 0 Å². The Morgan fingerprint density at radius 2 is 1.89 bits per heavy atom. The van der Waals surface area contributed by atoms with Crippen LogP contribution in [0.15, 0.2) is 0 Å². The van der Waals surface area contributed by atoms with Crippen LogP contribution in [0.1, 0.15) is 52.9 Å². The summed E-state index contributed by atoms with van der Waals surface area (Å²) >= 11 is 0. The fourth-order valence-electron chi connectivity index (χ4n) is 2.17. The summed E-state index contributed by atoms with van der Waals surface area (Å²) in [4.78, 5) is 13.4. The van der Waals surface area contributed by atoms with Crippen molar-refractivity contribution < 1.29 is 9.53 Å². The van der Waals surface area contributed by atoms with E-state index in [4.69, 9.17) is 4.74 Å². The van der Waals surface area contributed by atoms with Crippen LogP contribution >= 0.6 is 0 Å². The molecule has 1 fully saturated rings. The van der Waals surface area contributed by atoms with Crippen molar-refractivity contribution in [3.8, 4) is 0 Å². The van der Waals surface area contributed by atoms with Crippen molar-refractivity contribution in [1.82, 2.24) is 10.2 Å². The van der Waals surface area contributed by atoms with Crippen molar-refractivity contribution in [2.45, 2.75) is 64.5 Å². The lowest BCUT2D eigenvalue weighted by atomic mass is 9.95. The van der Waals surface area contributed by atoms with Gasteiger partial charge in [-0.2, -0.15) is 0 Å². The van der Waals surface area contributed by atoms with E-state index in [1.165, 1.54) is 32.1 Å². The number of ether oxygens (including phenoxy) is 1. The predicted molar refractivity (Wildman–Crippen MR) is 73.7 cm³/mol. The first-order valence-corrected chi connectivity index (χ1v) is 7.06. The predicted octanol–water partition coefficient (Wildman–Crippen LogP) is 2.78. The molecule has 4 nitrogen and oxygen atoms in total. The molecule has 1 aliphatic rings. The summed E-state index contributed by atoms with van der Waals surface area (Å²) in [5.41, 5.74) is -0.415. The Balaban J connectivity index is 2.15. The van der Waals surface area contributed by atoms with Gasteiger partial charge in [0.1, 0.15) is 5.60 Å². The highest BCUT2D eigenvalue weighted by Crippen LogP contribution is 2.17. The molecule has 1 rings (SSSR count). The van der Waals surface area contributed by atoms with Gasteiger partial charge in [0.2, 0.25) is 0 Å². The zero-order chi connectivity index (χ0) is 13.6. The second-order valence-electron chi connectivity index (χ2n) is 6.19. The maximum atomic E-state index is 11.7. The molecule has 0 aromatic carbocycles.